The van der Waals surface area contributed by atoms with Crippen molar-refractivity contribution in [3.63, 3.8) is 0 Å². The molecule has 0 atom stereocenters. The van der Waals surface area contributed by atoms with E-state index in [1.165, 1.54) is 0 Å². The molecule has 110 valence electrons. The predicted molar refractivity (Wildman–Crippen MR) is 79.1 cm³/mol. The van der Waals surface area contributed by atoms with Crippen LogP contribution in [-0.2, 0) is 13.7 Å². The Morgan fingerprint density at radius 1 is 1.41 bits per heavy atom. The van der Waals surface area contributed by atoms with Gasteiger partial charge in [0.15, 0.2) is 5.69 Å². The van der Waals surface area contributed by atoms with Crippen LogP contribution in [0.2, 0.25) is 0 Å². The standard InChI is InChI=1S/C15H13N5O2/c1-20-14-10-4-8(9-5-17-18-6-9)2-3-12(10)22-7-11(14)13(19-20)15(16)21/h2-6H,7H2,1H3,(H2,16,21)(H,17,18). The summed E-state index contributed by atoms with van der Waals surface area (Å²) in [5, 5.41) is 11.0. The molecule has 3 heterocycles. The van der Waals surface area contributed by atoms with Crippen LogP contribution in [0.15, 0.2) is 30.6 Å². The monoisotopic (exact) mass is 295 g/mol. The molecule has 0 aliphatic carbocycles. The fraction of sp³-hybridized carbons (Fsp3) is 0.133. The predicted octanol–water partition coefficient (Wildman–Crippen LogP) is 1.47. The van der Waals surface area contributed by atoms with Gasteiger partial charge in [-0.2, -0.15) is 10.2 Å². The number of nitrogens with one attached hydrogen (secondary N) is 1. The second-order valence-electron chi connectivity index (χ2n) is 5.15. The van der Waals surface area contributed by atoms with E-state index < -0.39 is 5.91 Å². The summed E-state index contributed by atoms with van der Waals surface area (Å²) in [5.74, 6) is 0.216. The molecule has 2 aromatic heterocycles. The number of rotatable bonds is 2. The number of hydrogen-bond donors (Lipinski definition) is 2. The summed E-state index contributed by atoms with van der Waals surface area (Å²) in [6.45, 7) is 0.291. The van der Waals surface area contributed by atoms with Crippen molar-refractivity contribution < 1.29 is 9.53 Å². The highest BCUT2D eigenvalue weighted by molar-refractivity contribution is 5.95. The van der Waals surface area contributed by atoms with Gasteiger partial charge in [0.2, 0.25) is 0 Å². The number of carbonyl (C=O) groups excluding carboxylic acids is 1. The van der Waals surface area contributed by atoms with Gasteiger partial charge in [0, 0.05) is 29.9 Å². The number of ether oxygens (including phenoxy) is 1. The van der Waals surface area contributed by atoms with Gasteiger partial charge >= 0.3 is 0 Å². The number of aromatic amines is 1. The van der Waals surface area contributed by atoms with E-state index in [9.17, 15) is 4.79 Å². The Labute approximate surface area is 125 Å². The maximum atomic E-state index is 11.5. The third-order valence-electron chi connectivity index (χ3n) is 3.82. The van der Waals surface area contributed by atoms with Gasteiger partial charge in [-0.3, -0.25) is 14.6 Å². The summed E-state index contributed by atoms with van der Waals surface area (Å²) in [6, 6.07) is 5.89. The highest BCUT2D eigenvalue weighted by atomic mass is 16.5. The molecular formula is C15H13N5O2. The van der Waals surface area contributed by atoms with Crippen LogP contribution in [-0.4, -0.2) is 25.9 Å². The topological polar surface area (TPSA) is 98.8 Å². The molecule has 0 unspecified atom stereocenters. The summed E-state index contributed by atoms with van der Waals surface area (Å²) in [6.07, 6.45) is 3.58. The van der Waals surface area contributed by atoms with Crippen LogP contribution in [0.25, 0.3) is 22.4 Å². The van der Waals surface area contributed by atoms with Crippen molar-refractivity contribution in [3.05, 3.63) is 41.9 Å². The Balaban J connectivity index is 1.93. The maximum absolute atomic E-state index is 11.5. The number of H-pyrrole nitrogens is 1. The fourth-order valence-corrected chi connectivity index (χ4v) is 2.82. The molecule has 1 aromatic carbocycles. The van der Waals surface area contributed by atoms with Crippen LogP contribution in [0.1, 0.15) is 16.1 Å². The number of primary amides is 1. The SMILES string of the molecule is Cn1nc(C(N)=O)c2c1-c1cc(-c3cn[nH]c3)ccc1OC2. The van der Waals surface area contributed by atoms with E-state index in [0.29, 0.717) is 6.61 Å². The van der Waals surface area contributed by atoms with E-state index in [4.69, 9.17) is 10.5 Å². The van der Waals surface area contributed by atoms with E-state index in [1.807, 2.05) is 24.4 Å². The second kappa shape index (κ2) is 4.45. The van der Waals surface area contributed by atoms with Gasteiger partial charge in [-0.05, 0) is 17.7 Å². The molecule has 7 heteroatoms. The highest BCUT2D eigenvalue weighted by Crippen LogP contribution is 2.40. The van der Waals surface area contributed by atoms with Crippen molar-refractivity contribution in [3.8, 4) is 28.1 Å². The highest BCUT2D eigenvalue weighted by Gasteiger charge is 2.27. The van der Waals surface area contributed by atoms with Crippen molar-refractivity contribution >= 4 is 5.91 Å². The number of nitrogens with two attached hydrogens (primary N) is 1. The molecule has 1 amide bonds. The van der Waals surface area contributed by atoms with Gasteiger partial charge in [0.25, 0.3) is 5.91 Å². The zero-order valence-electron chi connectivity index (χ0n) is 11.8. The van der Waals surface area contributed by atoms with Gasteiger partial charge < -0.3 is 10.5 Å². The first-order valence-electron chi connectivity index (χ1n) is 6.77. The molecule has 0 saturated carbocycles. The first kappa shape index (κ1) is 12.6. The van der Waals surface area contributed by atoms with Crippen molar-refractivity contribution in [2.75, 3.05) is 0 Å². The molecule has 0 bridgehead atoms. The number of hydrogen-bond acceptors (Lipinski definition) is 4. The van der Waals surface area contributed by atoms with Gasteiger partial charge in [-0.1, -0.05) is 6.07 Å². The molecule has 1 aliphatic rings. The Bertz CT molecular complexity index is 880. The minimum absolute atomic E-state index is 0.261. The van der Waals surface area contributed by atoms with E-state index in [-0.39, 0.29) is 5.69 Å². The van der Waals surface area contributed by atoms with Crippen molar-refractivity contribution in [2.24, 2.45) is 12.8 Å². The van der Waals surface area contributed by atoms with Gasteiger partial charge in [-0.15, -0.1) is 0 Å². The van der Waals surface area contributed by atoms with E-state index in [1.54, 1.807) is 17.9 Å². The molecule has 22 heavy (non-hydrogen) atoms. The first-order valence-corrected chi connectivity index (χ1v) is 6.77. The minimum Gasteiger partial charge on any atom is -0.488 e. The third kappa shape index (κ3) is 1.72. The zero-order chi connectivity index (χ0) is 15.3. The van der Waals surface area contributed by atoms with Gasteiger partial charge in [-0.25, -0.2) is 0 Å². The van der Waals surface area contributed by atoms with E-state index in [2.05, 4.69) is 15.3 Å². The lowest BCUT2D eigenvalue weighted by Crippen LogP contribution is -2.16. The van der Waals surface area contributed by atoms with Crippen LogP contribution in [0.3, 0.4) is 0 Å². The molecule has 7 nitrogen and oxygen atoms in total. The summed E-state index contributed by atoms with van der Waals surface area (Å²) < 4.78 is 7.42. The molecule has 3 aromatic rings. The number of aryl methyl sites for hydroxylation is 1. The number of carbonyl (C=O) groups is 1. The Morgan fingerprint density at radius 2 is 2.27 bits per heavy atom. The lowest BCUT2D eigenvalue weighted by Gasteiger charge is -2.19. The molecule has 0 saturated heterocycles. The van der Waals surface area contributed by atoms with E-state index >= 15 is 0 Å². The second-order valence-corrected chi connectivity index (χ2v) is 5.15. The largest absolute Gasteiger partial charge is 0.488 e. The van der Waals surface area contributed by atoms with Crippen molar-refractivity contribution in [2.45, 2.75) is 6.61 Å². The minimum atomic E-state index is -0.546. The first-order chi connectivity index (χ1) is 10.6. The number of benzene rings is 1. The van der Waals surface area contributed by atoms with Crippen LogP contribution < -0.4 is 10.5 Å². The zero-order valence-corrected chi connectivity index (χ0v) is 11.8. The molecule has 0 radical (unpaired) electrons. The Kier molecular flexibility index (Phi) is 2.56. The normalized spacial score (nSPS) is 12.4. The average Bonchev–Trinajstić information content (AvgIpc) is 3.14. The molecule has 4 rings (SSSR count). The number of nitrogens with zero attached hydrogens (tertiary/aromatic N) is 3. The maximum Gasteiger partial charge on any atom is 0.269 e. The molecule has 1 aliphatic heterocycles. The Morgan fingerprint density at radius 3 is 3.00 bits per heavy atom. The number of fused-ring (bicyclic) bond motifs is 3. The smallest absolute Gasteiger partial charge is 0.269 e. The summed E-state index contributed by atoms with van der Waals surface area (Å²) in [7, 11) is 1.80. The number of aromatic nitrogens is 4. The Hall–Kier alpha value is -3.09. The van der Waals surface area contributed by atoms with Crippen LogP contribution >= 0.6 is 0 Å². The van der Waals surface area contributed by atoms with E-state index in [0.717, 1.165) is 33.7 Å². The summed E-state index contributed by atoms with van der Waals surface area (Å²) in [5.41, 5.74) is 10.1. The summed E-state index contributed by atoms with van der Waals surface area (Å²) in [4.78, 5) is 11.5. The van der Waals surface area contributed by atoms with Gasteiger partial charge in [0.1, 0.15) is 12.4 Å². The van der Waals surface area contributed by atoms with Crippen molar-refractivity contribution in [1.82, 2.24) is 20.0 Å². The van der Waals surface area contributed by atoms with Crippen LogP contribution in [0.5, 0.6) is 5.75 Å². The lowest BCUT2D eigenvalue weighted by atomic mass is 9.98. The molecule has 0 spiro atoms. The fourth-order valence-electron chi connectivity index (χ4n) is 2.82. The van der Waals surface area contributed by atoms with Crippen LogP contribution in [0.4, 0.5) is 0 Å². The third-order valence-corrected chi connectivity index (χ3v) is 3.82. The number of amides is 1. The quantitative estimate of drug-likeness (QED) is 0.747. The van der Waals surface area contributed by atoms with Gasteiger partial charge in [0.05, 0.1) is 11.9 Å². The summed E-state index contributed by atoms with van der Waals surface area (Å²) >= 11 is 0. The average molecular weight is 295 g/mol. The van der Waals surface area contributed by atoms with Crippen molar-refractivity contribution in [1.29, 1.82) is 0 Å². The lowest BCUT2D eigenvalue weighted by molar-refractivity contribution is 0.0992. The molecule has 3 N–H and O–H groups in total. The molecule has 0 fully saturated rings. The van der Waals surface area contributed by atoms with Crippen LogP contribution in [0, 0.1) is 0 Å². The molecular weight excluding hydrogens is 282 g/mol.